The van der Waals surface area contributed by atoms with Crippen LogP contribution in [0.3, 0.4) is 0 Å². The number of hydrogen-bond donors (Lipinski definition) is 4. The Kier molecular flexibility index (Phi) is 4.05. The third kappa shape index (κ3) is 3.27. The molecule has 5 nitrogen and oxygen atoms in total. The van der Waals surface area contributed by atoms with Gasteiger partial charge in [-0.3, -0.25) is 4.79 Å². The van der Waals surface area contributed by atoms with Crippen molar-refractivity contribution in [1.29, 1.82) is 0 Å². The van der Waals surface area contributed by atoms with E-state index in [0.29, 0.717) is 5.56 Å². The fourth-order valence-electron chi connectivity index (χ4n) is 1.68. The molecule has 0 spiro atoms. The molecule has 0 bridgehead atoms. The van der Waals surface area contributed by atoms with E-state index in [1.807, 2.05) is 0 Å². The van der Waals surface area contributed by atoms with Gasteiger partial charge in [-0.25, -0.2) is 0 Å². The minimum atomic E-state index is -0.554. The predicted octanol–water partition coefficient (Wildman–Crippen LogP) is 3.06. The first kappa shape index (κ1) is 14.7. The van der Waals surface area contributed by atoms with Gasteiger partial charge in [-0.1, -0.05) is 11.6 Å². The maximum Gasteiger partial charge on any atom is 0.189 e. The third-order valence-corrected chi connectivity index (χ3v) is 3.06. The van der Waals surface area contributed by atoms with Gasteiger partial charge in [-0.15, -0.1) is 0 Å². The first-order chi connectivity index (χ1) is 9.88. The highest BCUT2D eigenvalue weighted by Crippen LogP contribution is 2.31. The summed E-state index contributed by atoms with van der Waals surface area (Å²) in [5, 5.41) is 37.6. The van der Waals surface area contributed by atoms with Crippen molar-refractivity contribution in [3.8, 4) is 23.0 Å². The van der Waals surface area contributed by atoms with Crippen LogP contribution in [0, 0.1) is 0 Å². The van der Waals surface area contributed by atoms with E-state index in [2.05, 4.69) is 0 Å². The smallest absolute Gasteiger partial charge is 0.189 e. The highest BCUT2D eigenvalue weighted by molar-refractivity contribution is 6.32. The maximum atomic E-state index is 12.0. The zero-order valence-corrected chi connectivity index (χ0v) is 11.4. The Morgan fingerprint density at radius 1 is 0.952 bits per heavy atom. The summed E-state index contributed by atoms with van der Waals surface area (Å²) in [7, 11) is 0. The molecular weight excluding hydrogens is 296 g/mol. The van der Waals surface area contributed by atoms with Crippen LogP contribution in [0.25, 0.3) is 6.08 Å². The van der Waals surface area contributed by atoms with Crippen molar-refractivity contribution in [2.24, 2.45) is 0 Å². The van der Waals surface area contributed by atoms with Crippen LogP contribution in [0.5, 0.6) is 23.0 Å². The number of ketones is 1. The fourth-order valence-corrected chi connectivity index (χ4v) is 1.84. The van der Waals surface area contributed by atoms with Crippen LogP contribution in [0.15, 0.2) is 36.4 Å². The number of carbonyl (C=O) groups is 1. The van der Waals surface area contributed by atoms with Gasteiger partial charge in [0.15, 0.2) is 5.78 Å². The summed E-state index contributed by atoms with van der Waals surface area (Å²) in [6, 6.07) is 6.05. The molecule has 108 valence electrons. The number of phenolic OH excluding ortho intramolecular Hbond substituents is 4. The Balaban J connectivity index is 2.29. The lowest BCUT2D eigenvalue weighted by molar-refractivity contribution is 0.104. The van der Waals surface area contributed by atoms with Crippen molar-refractivity contribution in [3.05, 3.63) is 52.6 Å². The number of halogens is 1. The molecule has 0 unspecified atom stereocenters. The molecule has 21 heavy (non-hydrogen) atoms. The Hall–Kier alpha value is -2.66. The lowest BCUT2D eigenvalue weighted by Gasteiger charge is -2.04. The fraction of sp³-hybridized carbons (Fsp3) is 0. The van der Waals surface area contributed by atoms with Gasteiger partial charge < -0.3 is 20.4 Å². The van der Waals surface area contributed by atoms with Crippen molar-refractivity contribution >= 4 is 23.5 Å². The summed E-state index contributed by atoms with van der Waals surface area (Å²) in [5.41, 5.74) is 0.248. The van der Waals surface area contributed by atoms with E-state index in [-0.39, 0.29) is 27.8 Å². The second-order valence-electron chi connectivity index (χ2n) is 4.26. The van der Waals surface area contributed by atoms with E-state index in [1.54, 1.807) is 0 Å². The molecule has 0 aliphatic heterocycles. The van der Waals surface area contributed by atoms with E-state index in [4.69, 9.17) is 16.7 Å². The average Bonchev–Trinajstić information content (AvgIpc) is 2.41. The van der Waals surface area contributed by atoms with E-state index in [1.165, 1.54) is 18.2 Å². The number of benzene rings is 2. The molecule has 0 amide bonds. The molecule has 0 fully saturated rings. The highest BCUT2D eigenvalue weighted by atomic mass is 35.5. The zero-order valence-electron chi connectivity index (χ0n) is 10.6. The van der Waals surface area contributed by atoms with E-state index < -0.39 is 11.5 Å². The lowest BCUT2D eigenvalue weighted by atomic mass is 10.1. The van der Waals surface area contributed by atoms with Crippen molar-refractivity contribution in [1.82, 2.24) is 0 Å². The predicted molar refractivity (Wildman–Crippen MR) is 77.9 cm³/mol. The molecule has 0 aliphatic rings. The largest absolute Gasteiger partial charge is 0.508 e. The summed E-state index contributed by atoms with van der Waals surface area (Å²) in [5.74, 6) is -1.57. The van der Waals surface area contributed by atoms with Crippen LogP contribution in [-0.4, -0.2) is 26.2 Å². The van der Waals surface area contributed by atoms with Gasteiger partial charge in [0.2, 0.25) is 0 Å². The number of hydrogen-bond acceptors (Lipinski definition) is 5. The molecule has 2 aromatic carbocycles. The van der Waals surface area contributed by atoms with E-state index in [0.717, 1.165) is 24.3 Å². The number of carbonyl (C=O) groups excluding carboxylic acids is 1. The Morgan fingerprint density at radius 2 is 1.67 bits per heavy atom. The molecule has 2 rings (SSSR count). The second-order valence-corrected chi connectivity index (χ2v) is 4.67. The van der Waals surface area contributed by atoms with Crippen LogP contribution < -0.4 is 0 Å². The summed E-state index contributed by atoms with van der Waals surface area (Å²) < 4.78 is 0. The summed E-state index contributed by atoms with van der Waals surface area (Å²) in [6.07, 6.45) is 2.46. The monoisotopic (exact) mass is 306 g/mol. The molecule has 0 saturated carbocycles. The topological polar surface area (TPSA) is 98.0 Å². The molecule has 0 heterocycles. The van der Waals surface area contributed by atoms with Gasteiger partial charge in [0, 0.05) is 17.7 Å². The van der Waals surface area contributed by atoms with Crippen LogP contribution in [0.1, 0.15) is 15.9 Å². The highest BCUT2D eigenvalue weighted by Gasteiger charge is 2.12. The molecular formula is C15H11ClO5. The number of allylic oxidation sites excluding steroid dienone is 1. The van der Waals surface area contributed by atoms with Crippen molar-refractivity contribution < 1.29 is 25.2 Å². The molecule has 0 atom stereocenters. The third-order valence-electron chi connectivity index (χ3n) is 2.76. The second kappa shape index (κ2) is 5.76. The van der Waals surface area contributed by atoms with E-state index in [9.17, 15) is 20.1 Å². The Labute approximate surface area is 125 Å². The van der Waals surface area contributed by atoms with Crippen molar-refractivity contribution in [2.45, 2.75) is 0 Å². The Morgan fingerprint density at radius 3 is 2.33 bits per heavy atom. The SMILES string of the molecule is O=C(/C=C/c1ccc(O)cc1O)c1cc(Cl)c(O)cc1O. The number of aromatic hydroxyl groups is 4. The quantitative estimate of drug-likeness (QED) is 0.516. The zero-order chi connectivity index (χ0) is 15.6. The lowest BCUT2D eigenvalue weighted by Crippen LogP contribution is -1.95. The first-order valence-corrected chi connectivity index (χ1v) is 6.22. The van der Waals surface area contributed by atoms with Gasteiger partial charge in [0.05, 0.1) is 10.6 Å². The summed E-state index contributed by atoms with van der Waals surface area (Å²) in [4.78, 5) is 12.0. The normalized spacial score (nSPS) is 10.9. The van der Waals surface area contributed by atoms with Gasteiger partial charge in [-0.2, -0.15) is 0 Å². The minimum Gasteiger partial charge on any atom is -0.508 e. The molecule has 0 aromatic heterocycles. The summed E-state index contributed by atoms with van der Waals surface area (Å²) >= 11 is 5.68. The number of phenols is 4. The van der Waals surface area contributed by atoms with Crippen molar-refractivity contribution in [3.63, 3.8) is 0 Å². The van der Waals surface area contributed by atoms with Crippen LogP contribution in [-0.2, 0) is 0 Å². The summed E-state index contributed by atoms with van der Waals surface area (Å²) in [6.45, 7) is 0. The van der Waals surface area contributed by atoms with Gasteiger partial charge in [-0.05, 0) is 30.4 Å². The minimum absolute atomic E-state index is 0.0583. The first-order valence-electron chi connectivity index (χ1n) is 5.84. The van der Waals surface area contributed by atoms with E-state index >= 15 is 0 Å². The van der Waals surface area contributed by atoms with Gasteiger partial charge in [0.25, 0.3) is 0 Å². The van der Waals surface area contributed by atoms with Crippen LogP contribution in [0.2, 0.25) is 5.02 Å². The van der Waals surface area contributed by atoms with Gasteiger partial charge >= 0.3 is 0 Å². The molecule has 0 saturated heterocycles. The van der Waals surface area contributed by atoms with Gasteiger partial charge in [0.1, 0.15) is 23.0 Å². The number of rotatable bonds is 3. The Bertz CT molecular complexity index is 737. The van der Waals surface area contributed by atoms with Crippen molar-refractivity contribution in [2.75, 3.05) is 0 Å². The maximum absolute atomic E-state index is 12.0. The standard InChI is InChI=1S/C15H11ClO5/c16-11-6-10(14(20)7-15(11)21)12(18)4-2-8-1-3-9(17)5-13(8)19/h1-7,17,19-21H/b4-2+. The van der Waals surface area contributed by atoms with Crippen LogP contribution in [0.4, 0.5) is 0 Å². The molecule has 6 heteroatoms. The molecule has 0 radical (unpaired) electrons. The average molecular weight is 307 g/mol. The van der Waals surface area contributed by atoms with Crippen LogP contribution >= 0.6 is 11.6 Å². The molecule has 2 aromatic rings. The molecule has 0 aliphatic carbocycles. The molecule has 4 N–H and O–H groups in total.